The average Bonchev–Trinajstić information content (AvgIpc) is 3.47. The molecule has 2 N–H and O–H groups in total. The number of amidine groups is 1. The molecule has 0 aromatic carbocycles. The van der Waals surface area contributed by atoms with Crippen LogP contribution in [0.4, 0.5) is 13.2 Å². The molecule has 8 nitrogen and oxygen atoms in total. The van der Waals surface area contributed by atoms with E-state index < -0.39 is 17.8 Å². The van der Waals surface area contributed by atoms with Gasteiger partial charge in [-0.05, 0) is 38.8 Å². The van der Waals surface area contributed by atoms with Crippen LogP contribution in [0.15, 0.2) is 35.7 Å². The van der Waals surface area contributed by atoms with Crippen molar-refractivity contribution in [2.45, 2.75) is 44.9 Å². The predicted octanol–water partition coefficient (Wildman–Crippen LogP) is 3.65. The Kier molecular flexibility index (Phi) is 6.75. The first-order valence-electron chi connectivity index (χ1n) is 9.91. The third kappa shape index (κ3) is 6.02. The highest BCUT2D eigenvalue weighted by Crippen LogP contribution is 2.40. The molecule has 0 aliphatic heterocycles. The Morgan fingerprint density at radius 1 is 1.34 bits per heavy atom. The molecule has 3 rings (SSSR count). The van der Waals surface area contributed by atoms with Crippen LogP contribution in [0, 0.1) is 5.41 Å². The molecule has 1 fully saturated rings. The van der Waals surface area contributed by atoms with Gasteiger partial charge in [-0.3, -0.25) is 10.1 Å². The molecule has 0 bridgehead atoms. The van der Waals surface area contributed by atoms with Crippen LogP contribution in [0.1, 0.15) is 55.1 Å². The summed E-state index contributed by atoms with van der Waals surface area (Å²) < 4.78 is 46.3. The molecule has 2 heterocycles. The number of aromatic nitrogens is 3. The largest absolute Gasteiger partial charge is 0.459 e. The molecular formula is C21H23F3N6O2. The molecule has 2 aromatic heterocycles. The summed E-state index contributed by atoms with van der Waals surface area (Å²) in [4.78, 5) is 19.9. The number of nitrogens with one attached hydrogen (secondary N) is 2. The number of carbonyl (C=O) groups is 1. The van der Waals surface area contributed by atoms with Crippen LogP contribution in [-0.4, -0.2) is 39.0 Å². The molecule has 0 unspecified atom stereocenters. The number of carbonyl (C=O) groups excluding carboxylic acids is 1. The summed E-state index contributed by atoms with van der Waals surface area (Å²) in [7, 11) is 1.70. The number of nitrogens with zero attached hydrogens (tertiary/aromatic N) is 4. The Bertz CT molecular complexity index is 1070. The number of hydrogen-bond donors (Lipinski definition) is 2. The number of aliphatic imine (C=N–C) groups is 1. The topological polar surface area (TPSA) is 105 Å². The summed E-state index contributed by atoms with van der Waals surface area (Å²) in [5, 5.41) is 14.8. The third-order valence-corrected chi connectivity index (χ3v) is 4.48. The van der Waals surface area contributed by atoms with E-state index in [1.165, 1.54) is 23.1 Å². The first-order valence-corrected chi connectivity index (χ1v) is 9.91. The van der Waals surface area contributed by atoms with Crippen molar-refractivity contribution < 1.29 is 22.7 Å². The lowest BCUT2D eigenvalue weighted by molar-refractivity contribution is -0.141. The van der Waals surface area contributed by atoms with E-state index >= 15 is 0 Å². The van der Waals surface area contributed by atoms with E-state index in [1.54, 1.807) is 27.1 Å². The number of ether oxygens (including phenoxy) is 1. The highest BCUT2D eigenvalue weighted by molar-refractivity contribution is 6.16. The minimum atomic E-state index is -4.61. The maximum atomic E-state index is 13.2. The molecule has 1 aliphatic carbocycles. The van der Waals surface area contributed by atoms with E-state index in [4.69, 9.17) is 10.1 Å². The summed E-state index contributed by atoms with van der Waals surface area (Å²) in [5.41, 5.74) is -0.0166. The quantitative estimate of drug-likeness (QED) is 0.291. The summed E-state index contributed by atoms with van der Waals surface area (Å²) in [6, 6.07) is 2.27. The first-order chi connectivity index (χ1) is 15.0. The van der Waals surface area contributed by atoms with Crippen LogP contribution in [0.3, 0.4) is 0 Å². The molecule has 32 heavy (non-hydrogen) atoms. The van der Waals surface area contributed by atoms with Crippen molar-refractivity contribution in [3.8, 4) is 0 Å². The maximum Gasteiger partial charge on any atom is 0.433 e. The minimum absolute atomic E-state index is 0.0112. The second-order valence-corrected chi connectivity index (χ2v) is 7.63. The molecule has 11 heteroatoms. The van der Waals surface area contributed by atoms with E-state index in [1.807, 2.05) is 0 Å². The fourth-order valence-electron chi connectivity index (χ4n) is 2.82. The van der Waals surface area contributed by atoms with Crippen molar-refractivity contribution >= 4 is 23.7 Å². The Morgan fingerprint density at radius 3 is 2.62 bits per heavy atom. The monoisotopic (exact) mass is 448 g/mol. The predicted molar refractivity (Wildman–Crippen MR) is 112 cm³/mol. The van der Waals surface area contributed by atoms with E-state index in [-0.39, 0.29) is 29.0 Å². The lowest BCUT2D eigenvalue weighted by atomic mass is 10.1. The van der Waals surface area contributed by atoms with Crippen molar-refractivity contribution in [2.24, 2.45) is 12.0 Å². The second kappa shape index (κ2) is 9.33. The van der Waals surface area contributed by atoms with E-state index in [0.29, 0.717) is 11.3 Å². The molecule has 0 saturated heterocycles. The molecule has 0 radical (unpaired) electrons. The highest BCUT2D eigenvalue weighted by atomic mass is 19.4. The molecule has 170 valence electrons. The fraction of sp³-hybridized carbons (Fsp3) is 0.381. The van der Waals surface area contributed by atoms with Crippen molar-refractivity contribution in [1.29, 1.82) is 5.41 Å². The van der Waals surface area contributed by atoms with Crippen LogP contribution in [0.2, 0.25) is 0 Å². The Balaban J connectivity index is 1.77. The van der Waals surface area contributed by atoms with Gasteiger partial charge in [-0.25, -0.2) is 14.8 Å². The van der Waals surface area contributed by atoms with Crippen LogP contribution in [-0.2, 0) is 22.8 Å². The standard InChI is InChI=1S/C21H23F3N6O2/c1-12(2)32-20(31)16(15-8-28-30(3)10-15)9-26-11-27-19(25)14-6-17(13-4-5-13)29-18(7-14)21(22,23)24/h6-13H,4-5H2,1-3H3,(H2,25,26,27)/b16-9+. The van der Waals surface area contributed by atoms with Gasteiger partial charge in [0.05, 0.1) is 24.2 Å². The SMILES string of the molecule is CC(C)OC(=O)/C(=C/N/C=N\C(=N)c1cc(C2CC2)nc(C(F)(F)F)c1)c1cnn(C)c1. The highest BCUT2D eigenvalue weighted by Gasteiger charge is 2.35. The summed E-state index contributed by atoms with van der Waals surface area (Å²) in [6.45, 7) is 3.43. The number of rotatable bonds is 7. The lowest BCUT2D eigenvalue weighted by Gasteiger charge is -2.10. The number of aryl methyl sites for hydroxylation is 1. The fourth-order valence-corrected chi connectivity index (χ4v) is 2.82. The van der Waals surface area contributed by atoms with E-state index in [2.05, 4.69) is 20.4 Å². The molecule has 0 spiro atoms. The lowest BCUT2D eigenvalue weighted by Crippen LogP contribution is -2.15. The number of esters is 1. The normalized spacial score (nSPS) is 14.8. The van der Waals surface area contributed by atoms with Gasteiger partial charge >= 0.3 is 12.1 Å². The van der Waals surface area contributed by atoms with Gasteiger partial charge in [-0.2, -0.15) is 18.3 Å². The summed E-state index contributed by atoms with van der Waals surface area (Å²) >= 11 is 0. The van der Waals surface area contributed by atoms with Crippen LogP contribution in [0.5, 0.6) is 0 Å². The number of pyridine rings is 1. The number of alkyl halides is 3. The zero-order valence-corrected chi connectivity index (χ0v) is 17.8. The van der Waals surface area contributed by atoms with Crippen LogP contribution < -0.4 is 5.32 Å². The second-order valence-electron chi connectivity index (χ2n) is 7.63. The zero-order valence-electron chi connectivity index (χ0n) is 17.8. The first kappa shape index (κ1) is 23.2. The van der Waals surface area contributed by atoms with Gasteiger partial charge < -0.3 is 10.1 Å². The van der Waals surface area contributed by atoms with Gasteiger partial charge in [0, 0.05) is 42.2 Å². The van der Waals surface area contributed by atoms with Crippen molar-refractivity contribution in [1.82, 2.24) is 20.1 Å². The van der Waals surface area contributed by atoms with E-state index in [9.17, 15) is 18.0 Å². The third-order valence-electron chi connectivity index (χ3n) is 4.48. The number of hydrogen-bond acceptors (Lipinski definition) is 5. The molecular weight excluding hydrogens is 425 g/mol. The maximum absolute atomic E-state index is 13.2. The van der Waals surface area contributed by atoms with E-state index in [0.717, 1.165) is 25.2 Å². The zero-order chi connectivity index (χ0) is 23.5. The molecule has 1 aliphatic rings. The van der Waals surface area contributed by atoms with Crippen LogP contribution >= 0.6 is 0 Å². The van der Waals surface area contributed by atoms with Gasteiger partial charge in [0.15, 0.2) is 5.84 Å². The molecule has 0 atom stereocenters. The van der Waals surface area contributed by atoms with Crippen molar-refractivity contribution in [2.75, 3.05) is 0 Å². The molecule has 2 aromatic rings. The van der Waals surface area contributed by atoms with Gasteiger partial charge in [-0.15, -0.1) is 0 Å². The molecule has 0 amide bonds. The van der Waals surface area contributed by atoms with Gasteiger partial charge in [0.1, 0.15) is 5.69 Å². The smallest absolute Gasteiger partial charge is 0.433 e. The Morgan fingerprint density at radius 2 is 2.06 bits per heavy atom. The molecule has 1 saturated carbocycles. The van der Waals surface area contributed by atoms with Crippen molar-refractivity contribution in [3.05, 3.63) is 53.2 Å². The average molecular weight is 448 g/mol. The van der Waals surface area contributed by atoms with Gasteiger partial charge in [-0.1, -0.05) is 0 Å². The van der Waals surface area contributed by atoms with Crippen molar-refractivity contribution in [3.63, 3.8) is 0 Å². The minimum Gasteiger partial charge on any atom is -0.459 e. The summed E-state index contributed by atoms with van der Waals surface area (Å²) in [5.74, 6) is -0.960. The van der Waals surface area contributed by atoms with Gasteiger partial charge in [0.25, 0.3) is 0 Å². The Hall–Kier alpha value is -3.50. The Labute approximate surface area is 182 Å². The number of halogens is 3. The summed E-state index contributed by atoms with van der Waals surface area (Å²) in [6.07, 6.45) is 2.18. The van der Waals surface area contributed by atoms with Crippen LogP contribution in [0.25, 0.3) is 5.57 Å². The van der Waals surface area contributed by atoms with Gasteiger partial charge in [0.2, 0.25) is 0 Å².